The molecule has 2 heterocycles. The van der Waals surface area contributed by atoms with Crippen LogP contribution in [0.5, 0.6) is 0 Å². The van der Waals surface area contributed by atoms with Crippen LogP contribution in [0.15, 0.2) is 29.4 Å². The van der Waals surface area contributed by atoms with Crippen molar-refractivity contribution in [1.82, 2.24) is 25.1 Å². The van der Waals surface area contributed by atoms with Crippen molar-refractivity contribution in [2.75, 3.05) is 11.6 Å². The first-order valence-electron chi connectivity index (χ1n) is 7.82. The lowest BCUT2D eigenvalue weighted by molar-refractivity contribution is 0.102. The summed E-state index contributed by atoms with van der Waals surface area (Å²) in [4.78, 5) is 12.3. The van der Waals surface area contributed by atoms with Crippen LogP contribution in [-0.2, 0) is 12.8 Å². The van der Waals surface area contributed by atoms with E-state index in [0.29, 0.717) is 21.6 Å². The van der Waals surface area contributed by atoms with Gasteiger partial charge in [-0.2, -0.15) is 5.10 Å². The maximum atomic E-state index is 12.3. The number of hydrogen-bond acceptors (Lipinski definition) is 6. The van der Waals surface area contributed by atoms with Gasteiger partial charge in [0.25, 0.3) is 0 Å². The monoisotopic (exact) mass is 374 g/mol. The Morgan fingerprint density at radius 2 is 2.16 bits per heavy atom. The van der Waals surface area contributed by atoms with E-state index < -0.39 is 0 Å². The lowest BCUT2D eigenvalue weighted by Crippen LogP contribution is -2.13. The summed E-state index contributed by atoms with van der Waals surface area (Å²) in [6.45, 7) is 0. The van der Waals surface area contributed by atoms with E-state index in [2.05, 4.69) is 20.4 Å². The Labute approximate surface area is 152 Å². The summed E-state index contributed by atoms with van der Waals surface area (Å²) in [7, 11) is 0. The predicted molar refractivity (Wildman–Crippen MR) is 96.3 cm³/mol. The molecule has 0 radical (unpaired) electrons. The highest BCUT2D eigenvalue weighted by atomic mass is 35.5. The second-order valence-electron chi connectivity index (χ2n) is 5.75. The van der Waals surface area contributed by atoms with Crippen LogP contribution in [0.3, 0.4) is 0 Å². The van der Waals surface area contributed by atoms with Gasteiger partial charge >= 0.3 is 0 Å². The summed E-state index contributed by atoms with van der Waals surface area (Å²) in [6, 6.07) is 6.97. The van der Waals surface area contributed by atoms with E-state index in [9.17, 15) is 4.79 Å². The number of ketones is 1. The number of halogens is 1. The molecular weight excluding hydrogens is 360 g/mol. The zero-order valence-corrected chi connectivity index (χ0v) is 14.8. The van der Waals surface area contributed by atoms with Crippen LogP contribution in [0.25, 0.3) is 11.5 Å². The number of nitrogens with one attached hydrogen (secondary N) is 1. The Hall–Kier alpha value is -2.32. The summed E-state index contributed by atoms with van der Waals surface area (Å²) in [5.74, 6) is 6.73. The highest BCUT2D eigenvalue weighted by molar-refractivity contribution is 7.99. The zero-order valence-electron chi connectivity index (χ0n) is 13.2. The Morgan fingerprint density at radius 1 is 1.32 bits per heavy atom. The zero-order chi connectivity index (χ0) is 17.4. The van der Waals surface area contributed by atoms with Crippen LogP contribution in [0.1, 0.15) is 28.0 Å². The normalized spacial score (nSPS) is 13.2. The van der Waals surface area contributed by atoms with Gasteiger partial charge in [0.1, 0.15) is 5.69 Å². The molecular formula is C16H15ClN6OS. The molecule has 7 nitrogen and oxygen atoms in total. The molecule has 128 valence electrons. The molecule has 4 rings (SSSR count). The van der Waals surface area contributed by atoms with Crippen LogP contribution >= 0.6 is 23.4 Å². The van der Waals surface area contributed by atoms with Gasteiger partial charge in [-0.15, -0.1) is 10.2 Å². The SMILES string of the molecule is Nn1c(SCC(=O)c2ccccc2Cl)nnc1-c1n[nH]c2c1CCC2. The number of benzene rings is 1. The fraction of sp³-hybridized carbons (Fsp3) is 0.250. The summed E-state index contributed by atoms with van der Waals surface area (Å²) >= 11 is 7.29. The third-order valence-electron chi connectivity index (χ3n) is 4.19. The quantitative estimate of drug-likeness (QED) is 0.404. The Morgan fingerprint density at radius 3 is 3.00 bits per heavy atom. The van der Waals surface area contributed by atoms with Gasteiger partial charge in [0, 0.05) is 16.8 Å². The topological polar surface area (TPSA) is 102 Å². The fourth-order valence-corrected chi connectivity index (χ4v) is 3.92. The van der Waals surface area contributed by atoms with Crippen molar-refractivity contribution in [2.24, 2.45) is 0 Å². The van der Waals surface area contributed by atoms with E-state index in [1.54, 1.807) is 24.3 Å². The third-order valence-corrected chi connectivity index (χ3v) is 5.46. The van der Waals surface area contributed by atoms with Crippen molar-refractivity contribution in [3.8, 4) is 11.5 Å². The standard InChI is InChI=1S/C16H15ClN6OS/c17-11-6-2-1-4-9(11)13(24)8-25-16-22-21-15(23(16)18)14-10-5-3-7-12(10)19-20-14/h1-2,4,6H,3,5,7-8,18H2,(H,19,20). The summed E-state index contributed by atoms with van der Waals surface area (Å²) < 4.78 is 1.39. The Balaban J connectivity index is 1.52. The van der Waals surface area contributed by atoms with E-state index in [4.69, 9.17) is 17.4 Å². The first-order chi connectivity index (χ1) is 12.1. The van der Waals surface area contributed by atoms with Gasteiger partial charge in [0.15, 0.2) is 5.78 Å². The highest BCUT2D eigenvalue weighted by Gasteiger charge is 2.24. The van der Waals surface area contributed by atoms with Crippen LogP contribution in [-0.4, -0.2) is 36.6 Å². The van der Waals surface area contributed by atoms with Gasteiger partial charge in [-0.05, 0) is 31.4 Å². The lowest BCUT2D eigenvalue weighted by atomic mass is 10.1. The molecule has 3 aromatic rings. The number of carbonyl (C=O) groups excluding carboxylic acids is 1. The van der Waals surface area contributed by atoms with Gasteiger partial charge in [-0.3, -0.25) is 9.89 Å². The molecule has 9 heteroatoms. The van der Waals surface area contributed by atoms with Crippen molar-refractivity contribution in [2.45, 2.75) is 24.4 Å². The van der Waals surface area contributed by atoms with Crippen molar-refractivity contribution >= 4 is 29.1 Å². The first kappa shape index (κ1) is 16.2. The number of hydrogen-bond donors (Lipinski definition) is 2. The van der Waals surface area contributed by atoms with Crippen LogP contribution in [0.4, 0.5) is 0 Å². The van der Waals surface area contributed by atoms with Crippen molar-refractivity contribution in [3.05, 3.63) is 46.1 Å². The predicted octanol–water partition coefficient (Wildman–Crippen LogP) is 2.50. The molecule has 3 N–H and O–H groups in total. The molecule has 0 spiro atoms. The molecule has 1 aliphatic carbocycles. The number of aryl methyl sites for hydroxylation is 1. The first-order valence-corrected chi connectivity index (χ1v) is 9.19. The molecule has 0 atom stereocenters. The van der Waals surface area contributed by atoms with Crippen LogP contribution in [0, 0.1) is 0 Å². The molecule has 0 saturated heterocycles. The third kappa shape index (κ3) is 2.91. The smallest absolute Gasteiger partial charge is 0.210 e. The number of H-pyrrole nitrogens is 1. The molecule has 25 heavy (non-hydrogen) atoms. The minimum absolute atomic E-state index is 0.0826. The van der Waals surface area contributed by atoms with Gasteiger partial charge in [0.05, 0.1) is 10.8 Å². The van der Waals surface area contributed by atoms with Crippen molar-refractivity contribution in [3.63, 3.8) is 0 Å². The molecule has 0 saturated carbocycles. The molecule has 0 unspecified atom stereocenters. The van der Waals surface area contributed by atoms with E-state index >= 15 is 0 Å². The second-order valence-corrected chi connectivity index (χ2v) is 7.10. The summed E-state index contributed by atoms with van der Waals surface area (Å²) in [5, 5.41) is 16.5. The fourth-order valence-electron chi connectivity index (χ4n) is 2.94. The molecule has 1 aromatic carbocycles. The number of nitrogens with zero attached hydrogens (tertiary/aromatic N) is 4. The van der Waals surface area contributed by atoms with Gasteiger partial charge < -0.3 is 5.84 Å². The van der Waals surface area contributed by atoms with Crippen LogP contribution in [0.2, 0.25) is 5.02 Å². The average Bonchev–Trinajstić information content (AvgIpc) is 3.29. The lowest BCUT2D eigenvalue weighted by Gasteiger charge is -2.04. The maximum absolute atomic E-state index is 12.3. The number of Topliss-reactive ketones (excluding diaryl/α,β-unsaturated/α-hetero) is 1. The number of fused-ring (bicyclic) bond motifs is 1. The maximum Gasteiger partial charge on any atom is 0.210 e. The molecule has 1 aliphatic rings. The highest BCUT2D eigenvalue weighted by Crippen LogP contribution is 2.30. The van der Waals surface area contributed by atoms with Crippen LogP contribution < -0.4 is 5.84 Å². The van der Waals surface area contributed by atoms with Crippen molar-refractivity contribution < 1.29 is 4.79 Å². The van der Waals surface area contributed by atoms with E-state index in [0.717, 1.165) is 36.2 Å². The number of nitrogen functional groups attached to an aromatic ring is 1. The van der Waals surface area contributed by atoms with E-state index in [1.165, 1.54) is 16.4 Å². The van der Waals surface area contributed by atoms with Crippen molar-refractivity contribution in [1.29, 1.82) is 0 Å². The average molecular weight is 375 g/mol. The largest absolute Gasteiger partial charge is 0.335 e. The Kier molecular flexibility index (Phi) is 4.22. The number of carbonyl (C=O) groups is 1. The minimum Gasteiger partial charge on any atom is -0.335 e. The Bertz CT molecular complexity index is 950. The number of nitrogens with two attached hydrogens (primary N) is 1. The molecule has 0 bridgehead atoms. The van der Waals surface area contributed by atoms with Gasteiger partial charge in [0.2, 0.25) is 11.0 Å². The molecule has 0 amide bonds. The number of thioether (sulfide) groups is 1. The molecule has 2 aromatic heterocycles. The minimum atomic E-state index is -0.0826. The summed E-state index contributed by atoms with van der Waals surface area (Å²) in [5.41, 5.74) is 3.53. The van der Waals surface area contributed by atoms with Gasteiger partial charge in [-0.1, -0.05) is 35.5 Å². The van der Waals surface area contributed by atoms with Gasteiger partial charge in [-0.25, -0.2) is 4.68 Å². The second kappa shape index (κ2) is 6.53. The number of aromatic amines is 1. The number of aromatic nitrogens is 5. The van der Waals surface area contributed by atoms with E-state index in [1.807, 2.05) is 0 Å². The molecule has 0 aliphatic heterocycles. The number of rotatable bonds is 5. The molecule has 0 fully saturated rings. The summed E-state index contributed by atoms with van der Waals surface area (Å²) in [6.07, 6.45) is 3.06. The van der Waals surface area contributed by atoms with E-state index in [-0.39, 0.29) is 11.5 Å².